The Bertz CT molecular complexity index is 986. The molecule has 6 heteroatoms. The highest BCUT2D eigenvalue weighted by Crippen LogP contribution is 2.27. The Morgan fingerprint density at radius 1 is 0.903 bits per heavy atom. The van der Waals surface area contributed by atoms with Crippen molar-refractivity contribution in [1.29, 1.82) is 0 Å². The van der Waals surface area contributed by atoms with E-state index in [9.17, 15) is 9.18 Å². The highest BCUT2D eigenvalue weighted by molar-refractivity contribution is 5.95. The number of carbonyl (C=O) groups excluding carboxylic acids is 1. The average molecular weight is 420 g/mol. The highest BCUT2D eigenvalue weighted by atomic mass is 19.1. The number of nitrogens with zero attached hydrogens (tertiary/aromatic N) is 2. The molecule has 0 unspecified atom stereocenters. The normalized spacial score (nSPS) is 15.4. The summed E-state index contributed by atoms with van der Waals surface area (Å²) in [7, 11) is 1.66. The Morgan fingerprint density at radius 3 is 2.16 bits per heavy atom. The number of nitrogens with one attached hydrogen (secondary N) is 1. The topological polar surface area (TPSA) is 44.8 Å². The lowest BCUT2D eigenvalue weighted by Crippen LogP contribution is -2.50. The summed E-state index contributed by atoms with van der Waals surface area (Å²) >= 11 is 0. The van der Waals surface area contributed by atoms with Crippen LogP contribution in [0.2, 0.25) is 0 Å². The Balaban J connectivity index is 1.48. The van der Waals surface area contributed by atoms with Crippen LogP contribution in [0.1, 0.15) is 11.6 Å². The minimum absolute atomic E-state index is 0.115. The number of amides is 1. The van der Waals surface area contributed by atoms with Crippen LogP contribution in [0.4, 0.5) is 15.8 Å². The highest BCUT2D eigenvalue weighted by Gasteiger charge is 2.30. The number of rotatable bonds is 6. The van der Waals surface area contributed by atoms with Crippen LogP contribution in [-0.4, -0.2) is 44.1 Å². The van der Waals surface area contributed by atoms with E-state index in [0.717, 1.165) is 43.2 Å². The van der Waals surface area contributed by atoms with Crippen LogP contribution in [0.25, 0.3) is 0 Å². The van der Waals surface area contributed by atoms with E-state index in [1.807, 2.05) is 42.5 Å². The zero-order valence-electron chi connectivity index (χ0n) is 17.5. The molecule has 1 aliphatic heterocycles. The van der Waals surface area contributed by atoms with Crippen molar-refractivity contribution in [3.63, 3.8) is 0 Å². The van der Waals surface area contributed by atoms with Crippen LogP contribution >= 0.6 is 0 Å². The van der Waals surface area contributed by atoms with Crippen molar-refractivity contribution in [1.82, 2.24) is 4.90 Å². The molecule has 1 heterocycles. The van der Waals surface area contributed by atoms with E-state index in [-0.39, 0.29) is 11.7 Å². The van der Waals surface area contributed by atoms with Gasteiger partial charge in [-0.25, -0.2) is 4.39 Å². The second kappa shape index (κ2) is 9.62. The molecule has 4 rings (SSSR count). The number of ether oxygens (including phenoxy) is 1. The predicted molar refractivity (Wildman–Crippen MR) is 121 cm³/mol. The van der Waals surface area contributed by atoms with Gasteiger partial charge in [-0.3, -0.25) is 9.69 Å². The first-order valence-corrected chi connectivity index (χ1v) is 10.4. The van der Waals surface area contributed by atoms with E-state index in [2.05, 4.69) is 27.2 Å². The molecule has 0 spiro atoms. The van der Waals surface area contributed by atoms with E-state index in [1.54, 1.807) is 19.2 Å². The zero-order valence-corrected chi connectivity index (χ0v) is 17.5. The lowest BCUT2D eigenvalue weighted by Gasteiger charge is -2.39. The molecule has 3 aromatic carbocycles. The molecule has 1 amide bonds. The zero-order chi connectivity index (χ0) is 21.6. The molecule has 5 nitrogen and oxygen atoms in total. The maximum atomic E-state index is 13.2. The van der Waals surface area contributed by atoms with Crippen LogP contribution in [0, 0.1) is 5.82 Å². The second-order valence-electron chi connectivity index (χ2n) is 7.53. The molecule has 0 radical (unpaired) electrons. The van der Waals surface area contributed by atoms with Gasteiger partial charge in [-0.05, 0) is 54.1 Å². The SMILES string of the molecule is COc1ccc(N2CCN([C@H](C(=O)Nc3ccc(F)cc3)c3ccccc3)CC2)cc1. The number of anilines is 2. The molecule has 160 valence electrons. The number of methoxy groups -OCH3 is 1. The van der Waals surface area contributed by atoms with Crippen molar-refractivity contribution in [3.8, 4) is 5.75 Å². The van der Waals surface area contributed by atoms with Gasteiger partial charge in [0, 0.05) is 37.6 Å². The largest absolute Gasteiger partial charge is 0.497 e. The summed E-state index contributed by atoms with van der Waals surface area (Å²) in [4.78, 5) is 17.8. The van der Waals surface area contributed by atoms with E-state index in [4.69, 9.17) is 4.74 Å². The fourth-order valence-electron chi connectivity index (χ4n) is 3.94. The van der Waals surface area contributed by atoms with Crippen molar-refractivity contribution in [2.45, 2.75) is 6.04 Å². The third-order valence-corrected chi connectivity index (χ3v) is 5.59. The van der Waals surface area contributed by atoms with Gasteiger partial charge in [-0.2, -0.15) is 0 Å². The van der Waals surface area contributed by atoms with Crippen molar-refractivity contribution in [2.75, 3.05) is 43.5 Å². The van der Waals surface area contributed by atoms with Gasteiger partial charge < -0.3 is 15.0 Å². The van der Waals surface area contributed by atoms with Crippen LogP contribution in [0.15, 0.2) is 78.9 Å². The van der Waals surface area contributed by atoms with Crippen molar-refractivity contribution in [2.24, 2.45) is 0 Å². The lowest BCUT2D eigenvalue weighted by atomic mass is 10.0. The van der Waals surface area contributed by atoms with Gasteiger partial charge in [0.05, 0.1) is 7.11 Å². The Hall–Kier alpha value is -3.38. The standard InChI is InChI=1S/C25H26FN3O2/c1-31-23-13-11-22(12-14-23)28-15-17-29(18-16-28)24(19-5-3-2-4-6-19)25(30)27-21-9-7-20(26)8-10-21/h2-14,24H,15-18H2,1H3,(H,27,30)/t24-/m0/s1. The molecular formula is C25H26FN3O2. The maximum Gasteiger partial charge on any atom is 0.246 e. The van der Waals surface area contributed by atoms with Gasteiger partial charge in [0.1, 0.15) is 17.6 Å². The summed E-state index contributed by atoms with van der Waals surface area (Å²) < 4.78 is 18.5. The van der Waals surface area contributed by atoms with Gasteiger partial charge in [0.2, 0.25) is 5.91 Å². The van der Waals surface area contributed by atoms with Crippen LogP contribution in [-0.2, 0) is 4.79 Å². The van der Waals surface area contributed by atoms with Gasteiger partial charge in [0.25, 0.3) is 0 Å². The molecule has 0 saturated carbocycles. The molecule has 3 aromatic rings. The first-order valence-electron chi connectivity index (χ1n) is 10.4. The minimum Gasteiger partial charge on any atom is -0.497 e. The molecule has 0 aliphatic carbocycles. The number of carbonyl (C=O) groups is 1. The van der Waals surface area contributed by atoms with Crippen LogP contribution in [0.5, 0.6) is 5.75 Å². The first kappa shape index (κ1) is 20.9. The molecule has 1 saturated heterocycles. The molecule has 0 bridgehead atoms. The minimum atomic E-state index is -0.413. The quantitative estimate of drug-likeness (QED) is 0.646. The number of hydrogen-bond acceptors (Lipinski definition) is 4. The summed E-state index contributed by atoms with van der Waals surface area (Å²) in [6, 6.07) is 23.3. The summed E-state index contributed by atoms with van der Waals surface area (Å²) in [5, 5.41) is 2.95. The molecule has 1 fully saturated rings. The fourth-order valence-corrected chi connectivity index (χ4v) is 3.94. The van der Waals surface area contributed by atoms with E-state index >= 15 is 0 Å². The van der Waals surface area contributed by atoms with E-state index in [0.29, 0.717) is 5.69 Å². The molecule has 31 heavy (non-hydrogen) atoms. The van der Waals surface area contributed by atoms with Crippen molar-refractivity contribution < 1.29 is 13.9 Å². The first-order chi connectivity index (χ1) is 15.1. The van der Waals surface area contributed by atoms with Gasteiger partial charge in [0.15, 0.2) is 0 Å². The summed E-state index contributed by atoms with van der Waals surface area (Å²) in [5.74, 6) is 0.395. The third-order valence-electron chi connectivity index (χ3n) is 5.59. The van der Waals surface area contributed by atoms with Crippen LogP contribution in [0.3, 0.4) is 0 Å². The number of piperazine rings is 1. The molecule has 1 aliphatic rings. The van der Waals surface area contributed by atoms with Crippen molar-refractivity contribution >= 4 is 17.3 Å². The Morgan fingerprint density at radius 2 is 1.55 bits per heavy atom. The summed E-state index contributed by atoms with van der Waals surface area (Å²) in [5.41, 5.74) is 2.68. The average Bonchev–Trinajstić information content (AvgIpc) is 2.82. The number of benzene rings is 3. The maximum absolute atomic E-state index is 13.2. The van der Waals surface area contributed by atoms with E-state index < -0.39 is 6.04 Å². The number of hydrogen-bond donors (Lipinski definition) is 1. The molecule has 1 atom stereocenters. The summed E-state index contributed by atoms with van der Waals surface area (Å²) in [6.07, 6.45) is 0. The fraction of sp³-hybridized carbons (Fsp3) is 0.240. The molecule has 0 aromatic heterocycles. The molecule has 1 N–H and O–H groups in total. The second-order valence-corrected chi connectivity index (χ2v) is 7.53. The van der Waals surface area contributed by atoms with Gasteiger partial charge in [-0.15, -0.1) is 0 Å². The Labute approximate surface area is 182 Å². The lowest BCUT2D eigenvalue weighted by molar-refractivity contribution is -0.121. The monoisotopic (exact) mass is 419 g/mol. The Kier molecular flexibility index (Phi) is 6.48. The van der Waals surface area contributed by atoms with Crippen LogP contribution < -0.4 is 15.0 Å². The smallest absolute Gasteiger partial charge is 0.246 e. The van der Waals surface area contributed by atoms with Gasteiger partial charge >= 0.3 is 0 Å². The predicted octanol–water partition coefficient (Wildman–Crippen LogP) is 4.34. The summed E-state index contributed by atoms with van der Waals surface area (Å²) in [6.45, 7) is 3.14. The van der Waals surface area contributed by atoms with Crippen molar-refractivity contribution in [3.05, 3.63) is 90.2 Å². The molecular weight excluding hydrogens is 393 g/mol. The third kappa shape index (κ3) is 5.03. The van der Waals surface area contributed by atoms with Gasteiger partial charge in [-0.1, -0.05) is 30.3 Å². The van der Waals surface area contributed by atoms with E-state index in [1.165, 1.54) is 12.1 Å². The number of halogens is 1.